The van der Waals surface area contributed by atoms with E-state index in [2.05, 4.69) is 146 Å². The second-order valence-corrected chi connectivity index (χ2v) is 14.4. The van der Waals surface area contributed by atoms with Crippen LogP contribution in [-0.2, 0) is 0 Å². The molecule has 3 heterocycles. The minimum atomic E-state index is 0.660. The van der Waals surface area contributed by atoms with E-state index in [0.717, 1.165) is 27.8 Å². The van der Waals surface area contributed by atoms with Gasteiger partial charge in [-0.1, -0.05) is 140 Å². The number of hydrogen-bond acceptors (Lipinski definition) is 5. The van der Waals surface area contributed by atoms with E-state index in [9.17, 15) is 0 Å². The highest BCUT2D eigenvalue weighted by molar-refractivity contribution is 7.27. The average molecular weight is 674 g/mol. The summed E-state index contributed by atoms with van der Waals surface area (Å²) in [6, 6.07) is 57.8. The van der Waals surface area contributed by atoms with Gasteiger partial charge in [0.1, 0.15) is 0 Å². The molecule has 7 aromatic carbocycles. The van der Waals surface area contributed by atoms with E-state index < -0.39 is 0 Å². The number of thiophene rings is 2. The molecule has 0 amide bonds. The van der Waals surface area contributed by atoms with Gasteiger partial charge in [0.25, 0.3) is 0 Å². The number of benzene rings is 7. The van der Waals surface area contributed by atoms with Gasteiger partial charge in [0.15, 0.2) is 17.5 Å². The van der Waals surface area contributed by atoms with Gasteiger partial charge >= 0.3 is 0 Å². The molecule has 50 heavy (non-hydrogen) atoms. The summed E-state index contributed by atoms with van der Waals surface area (Å²) in [6.45, 7) is 0. The monoisotopic (exact) mass is 673 g/mol. The first-order chi connectivity index (χ1) is 24.8. The number of rotatable bonds is 5. The summed E-state index contributed by atoms with van der Waals surface area (Å²) >= 11 is 3.61. The third-order valence-corrected chi connectivity index (χ3v) is 11.9. The predicted octanol–water partition coefficient (Wildman–Crippen LogP) is 12.9. The molecule has 0 N–H and O–H groups in total. The summed E-state index contributed by atoms with van der Waals surface area (Å²) in [5.41, 5.74) is 7.70. The molecule has 0 aliphatic rings. The molecule has 0 fully saturated rings. The molecule has 0 aliphatic carbocycles. The number of nitrogens with zero attached hydrogens (tertiary/aromatic N) is 3. The van der Waals surface area contributed by atoms with Crippen LogP contribution in [0.1, 0.15) is 0 Å². The Hall–Kier alpha value is -6.01. The van der Waals surface area contributed by atoms with Gasteiger partial charge in [-0.2, -0.15) is 0 Å². The average Bonchev–Trinajstić information content (AvgIpc) is 3.77. The molecule has 0 saturated carbocycles. The largest absolute Gasteiger partial charge is 0.208 e. The second kappa shape index (κ2) is 11.8. The second-order valence-electron chi connectivity index (χ2n) is 12.4. The molecule has 0 radical (unpaired) electrons. The maximum atomic E-state index is 5.35. The molecule has 3 nitrogen and oxygen atoms in total. The third kappa shape index (κ3) is 4.82. The van der Waals surface area contributed by atoms with Gasteiger partial charge in [-0.25, -0.2) is 15.0 Å². The lowest BCUT2D eigenvalue weighted by Gasteiger charge is -2.11. The van der Waals surface area contributed by atoms with Crippen LogP contribution in [-0.4, -0.2) is 15.0 Å². The van der Waals surface area contributed by atoms with Crippen molar-refractivity contribution in [1.82, 2.24) is 15.0 Å². The normalized spacial score (nSPS) is 11.6. The topological polar surface area (TPSA) is 38.7 Å². The minimum Gasteiger partial charge on any atom is -0.208 e. The van der Waals surface area contributed by atoms with Crippen LogP contribution in [0.4, 0.5) is 0 Å². The molecule has 3 aromatic heterocycles. The van der Waals surface area contributed by atoms with E-state index in [0.29, 0.717) is 17.5 Å². The number of hydrogen-bond donors (Lipinski definition) is 0. The first kappa shape index (κ1) is 29.0. The smallest absolute Gasteiger partial charge is 0.165 e. The molecule has 0 unspecified atom stereocenters. The van der Waals surface area contributed by atoms with Crippen LogP contribution in [0.15, 0.2) is 164 Å². The molecule has 0 atom stereocenters. The molecular weight excluding hydrogens is 647 g/mol. The van der Waals surface area contributed by atoms with Crippen molar-refractivity contribution >= 4 is 63.0 Å². The Morgan fingerprint density at radius 1 is 0.300 bits per heavy atom. The molecule has 0 spiro atoms. The quantitative estimate of drug-likeness (QED) is 0.182. The lowest BCUT2D eigenvalue weighted by Crippen LogP contribution is -2.00. The van der Waals surface area contributed by atoms with Crippen molar-refractivity contribution in [2.75, 3.05) is 0 Å². The Labute approximate surface area is 296 Å². The van der Waals surface area contributed by atoms with E-state index in [1.54, 1.807) is 11.3 Å². The van der Waals surface area contributed by atoms with Crippen molar-refractivity contribution in [3.63, 3.8) is 0 Å². The fourth-order valence-corrected chi connectivity index (χ4v) is 9.50. The summed E-state index contributed by atoms with van der Waals surface area (Å²) in [5, 5.41) is 4.91. The number of fused-ring (bicyclic) bond motifs is 6. The Bertz CT molecular complexity index is 2860. The SMILES string of the molecule is c1ccc(-c2cc(-c3nc(-c4ccccc4)nc(-c4cccc5c4sc4ccccc45)n3)c3sc4c(-c5ccccc5)cccc4c3c2)cc1. The minimum absolute atomic E-state index is 0.660. The standard InChI is InChI=1S/C45H27N3S2/c1-4-14-28(15-5-1)31-26-37-35-23-12-21-32(29-16-6-2-7-17-29)40(35)50-42(37)38(27-31)45-47-43(30-18-8-3-9-19-30)46-44(48-45)36-24-13-22-34-33-20-10-11-25-39(33)49-41(34)36/h1-27H. The zero-order valence-electron chi connectivity index (χ0n) is 26.7. The summed E-state index contributed by atoms with van der Waals surface area (Å²) in [4.78, 5) is 15.8. The lowest BCUT2D eigenvalue weighted by atomic mass is 9.97. The summed E-state index contributed by atoms with van der Waals surface area (Å²) in [6.07, 6.45) is 0. The molecule has 0 saturated heterocycles. The predicted molar refractivity (Wildman–Crippen MR) is 213 cm³/mol. The molecule has 10 rings (SSSR count). The van der Waals surface area contributed by atoms with Crippen LogP contribution in [0, 0.1) is 0 Å². The van der Waals surface area contributed by atoms with E-state index in [1.807, 2.05) is 29.5 Å². The van der Waals surface area contributed by atoms with E-state index >= 15 is 0 Å². The van der Waals surface area contributed by atoms with Crippen LogP contribution < -0.4 is 0 Å². The van der Waals surface area contributed by atoms with Crippen molar-refractivity contribution in [3.05, 3.63) is 164 Å². The van der Waals surface area contributed by atoms with Crippen LogP contribution in [0.2, 0.25) is 0 Å². The highest BCUT2D eigenvalue weighted by Gasteiger charge is 2.21. The van der Waals surface area contributed by atoms with Crippen molar-refractivity contribution in [3.8, 4) is 56.4 Å². The van der Waals surface area contributed by atoms with Crippen molar-refractivity contribution in [2.45, 2.75) is 0 Å². The first-order valence-electron chi connectivity index (χ1n) is 16.6. The Morgan fingerprint density at radius 3 is 1.56 bits per heavy atom. The van der Waals surface area contributed by atoms with E-state index in [1.165, 1.54) is 51.5 Å². The molecule has 10 aromatic rings. The summed E-state index contributed by atoms with van der Waals surface area (Å²) in [7, 11) is 0. The van der Waals surface area contributed by atoms with Crippen LogP contribution >= 0.6 is 22.7 Å². The Kier molecular flexibility index (Phi) is 6.86. The zero-order chi connectivity index (χ0) is 33.0. The summed E-state index contributed by atoms with van der Waals surface area (Å²) in [5.74, 6) is 2.01. The lowest BCUT2D eigenvalue weighted by molar-refractivity contribution is 1.08. The van der Waals surface area contributed by atoms with Crippen molar-refractivity contribution < 1.29 is 0 Å². The summed E-state index contributed by atoms with van der Waals surface area (Å²) < 4.78 is 4.86. The highest BCUT2D eigenvalue weighted by Crippen LogP contribution is 2.46. The van der Waals surface area contributed by atoms with Gasteiger partial charge in [-0.3, -0.25) is 0 Å². The highest BCUT2D eigenvalue weighted by atomic mass is 32.1. The van der Waals surface area contributed by atoms with Gasteiger partial charge in [-0.05, 0) is 46.5 Å². The van der Waals surface area contributed by atoms with Gasteiger partial charge in [0.05, 0.1) is 0 Å². The third-order valence-electron chi connectivity index (χ3n) is 9.34. The van der Waals surface area contributed by atoms with Crippen molar-refractivity contribution in [2.24, 2.45) is 0 Å². The molecule has 0 bridgehead atoms. The molecule has 5 heteroatoms. The maximum Gasteiger partial charge on any atom is 0.165 e. The van der Waals surface area contributed by atoms with Crippen molar-refractivity contribution in [1.29, 1.82) is 0 Å². The van der Waals surface area contributed by atoms with Gasteiger partial charge in [-0.15, -0.1) is 22.7 Å². The Balaban J connectivity index is 1.29. The first-order valence-corrected chi connectivity index (χ1v) is 18.2. The van der Waals surface area contributed by atoms with E-state index in [-0.39, 0.29) is 0 Å². The molecular formula is C45H27N3S2. The fraction of sp³-hybridized carbons (Fsp3) is 0. The zero-order valence-corrected chi connectivity index (χ0v) is 28.4. The molecule has 234 valence electrons. The number of aromatic nitrogens is 3. The Morgan fingerprint density at radius 2 is 0.820 bits per heavy atom. The van der Waals surface area contributed by atoms with Crippen LogP contribution in [0.25, 0.3) is 96.8 Å². The van der Waals surface area contributed by atoms with E-state index in [4.69, 9.17) is 15.0 Å². The van der Waals surface area contributed by atoms with Crippen LogP contribution in [0.5, 0.6) is 0 Å². The maximum absolute atomic E-state index is 5.35. The van der Waals surface area contributed by atoms with Gasteiger partial charge in [0.2, 0.25) is 0 Å². The van der Waals surface area contributed by atoms with Crippen LogP contribution in [0.3, 0.4) is 0 Å². The molecule has 0 aliphatic heterocycles. The fourth-order valence-electron chi connectivity index (χ4n) is 6.96. The van der Waals surface area contributed by atoms with Gasteiger partial charge < -0.3 is 0 Å². The van der Waals surface area contributed by atoms with Gasteiger partial charge in [0, 0.05) is 57.0 Å².